The number of aromatic amines is 1. The minimum absolute atomic E-state index is 0.0936. The fourth-order valence-electron chi connectivity index (χ4n) is 1.78. The molecule has 2 rings (SSSR count). The number of carbonyl (C=O) groups is 1. The van der Waals surface area contributed by atoms with E-state index in [9.17, 15) is 9.00 Å². The van der Waals surface area contributed by atoms with Crippen LogP contribution in [0.4, 0.5) is 0 Å². The van der Waals surface area contributed by atoms with Gasteiger partial charge in [0.1, 0.15) is 0 Å². The predicted molar refractivity (Wildman–Crippen MR) is 61.7 cm³/mol. The Balaban J connectivity index is 1.93. The van der Waals surface area contributed by atoms with Crippen LogP contribution in [0.1, 0.15) is 28.9 Å². The van der Waals surface area contributed by atoms with E-state index in [0.717, 1.165) is 18.5 Å². The van der Waals surface area contributed by atoms with Crippen molar-refractivity contribution < 1.29 is 9.00 Å². The van der Waals surface area contributed by atoms with E-state index >= 15 is 0 Å². The zero-order chi connectivity index (χ0) is 11.5. The maximum absolute atomic E-state index is 11.8. The number of aromatic nitrogens is 2. The Hall–Kier alpha value is -1.17. The quantitative estimate of drug-likeness (QED) is 0.785. The first kappa shape index (κ1) is 11.3. The normalized spacial score (nSPS) is 25.3. The van der Waals surface area contributed by atoms with E-state index in [1.54, 1.807) is 0 Å². The van der Waals surface area contributed by atoms with E-state index in [0.29, 0.717) is 17.1 Å². The molecule has 0 atom stereocenters. The molecule has 1 fully saturated rings. The van der Waals surface area contributed by atoms with Gasteiger partial charge in [-0.15, -0.1) is 0 Å². The van der Waals surface area contributed by atoms with Gasteiger partial charge in [0.2, 0.25) is 0 Å². The zero-order valence-electron chi connectivity index (χ0n) is 9.16. The van der Waals surface area contributed by atoms with E-state index in [1.165, 1.54) is 6.20 Å². The third-order valence-electron chi connectivity index (χ3n) is 2.80. The van der Waals surface area contributed by atoms with E-state index in [2.05, 4.69) is 15.5 Å². The summed E-state index contributed by atoms with van der Waals surface area (Å²) in [7, 11) is -0.687. The maximum Gasteiger partial charge on any atom is 0.254 e. The number of aryl methyl sites for hydroxylation is 1. The van der Waals surface area contributed by atoms with Crippen LogP contribution in [0.3, 0.4) is 0 Å². The van der Waals surface area contributed by atoms with Gasteiger partial charge in [0.25, 0.3) is 5.91 Å². The molecule has 2 N–H and O–H groups in total. The first-order valence-electron chi connectivity index (χ1n) is 5.32. The topological polar surface area (TPSA) is 74.8 Å². The average molecular weight is 241 g/mol. The SMILES string of the molecule is Cc1[nH]ncc1C(=O)NC1CCS(=O)CC1. The lowest BCUT2D eigenvalue weighted by Crippen LogP contribution is -2.39. The van der Waals surface area contributed by atoms with Crippen LogP contribution in [0.5, 0.6) is 0 Å². The molecule has 16 heavy (non-hydrogen) atoms. The van der Waals surface area contributed by atoms with E-state index in [-0.39, 0.29) is 11.9 Å². The van der Waals surface area contributed by atoms with Gasteiger partial charge in [-0.05, 0) is 19.8 Å². The molecule has 0 aliphatic carbocycles. The molecule has 1 aromatic rings. The Morgan fingerprint density at radius 2 is 2.25 bits per heavy atom. The Kier molecular flexibility index (Phi) is 3.38. The van der Waals surface area contributed by atoms with Crippen LogP contribution in [0, 0.1) is 6.92 Å². The number of amides is 1. The maximum atomic E-state index is 11.8. The van der Waals surface area contributed by atoms with Crippen molar-refractivity contribution >= 4 is 16.7 Å². The third-order valence-corrected chi connectivity index (χ3v) is 4.18. The molecule has 2 heterocycles. The van der Waals surface area contributed by atoms with Crippen molar-refractivity contribution in [2.75, 3.05) is 11.5 Å². The Bertz CT molecular complexity index is 406. The van der Waals surface area contributed by atoms with Crippen molar-refractivity contribution in [3.63, 3.8) is 0 Å². The van der Waals surface area contributed by atoms with E-state index < -0.39 is 10.8 Å². The van der Waals surface area contributed by atoms with Gasteiger partial charge in [-0.2, -0.15) is 5.10 Å². The van der Waals surface area contributed by atoms with Gasteiger partial charge >= 0.3 is 0 Å². The van der Waals surface area contributed by atoms with Crippen molar-refractivity contribution in [3.8, 4) is 0 Å². The number of rotatable bonds is 2. The van der Waals surface area contributed by atoms with Crippen LogP contribution in [0.2, 0.25) is 0 Å². The first-order valence-corrected chi connectivity index (χ1v) is 6.81. The van der Waals surface area contributed by atoms with Crippen molar-refractivity contribution in [1.29, 1.82) is 0 Å². The lowest BCUT2D eigenvalue weighted by atomic mass is 10.1. The van der Waals surface area contributed by atoms with Crippen LogP contribution in [0.25, 0.3) is 0 Å². The number of hydrogen-bond donors (Lipinski definition) is 2. The molecular formula is C10H15N3O2S. The number of nitrogens with one attached hydrogen (secondary N) is 2. The highest BCUT2D eigenvalue weighted by molar-refractivity contribution is 7.85. The lowest BCUT2D eigenvalue weighted by molar-refractivity contribution is 0.0934. The predicted octanol–water partition coefficient (Wildman–Crippen LogP) is 0.359. The van der Waals surface area contributed by atoms with Gasteiger partial charge in [-0.1, -0.05) is 0 Å². The highest BCUT2D eigenvalue weighted by Gasteiger charge is 2.21. The summed E-state index contributed by atoms with van der Waals surface area (Å²) in [4.78, 5) is 11.8. The second kappa shape index (κ2) is 4.78. The largest absolute Gasteiger partial charge is 0.349 e. The molecule has 1 aliphatic rings. The zero-order valence-corrected chi connectivity index (χ0v) is 9.97. The molecule has 5 nitrogen and oxygen atoms in total. The highest BCUT2D eigenvalue weighted by Crippen LogP contribution is 2.11. The molecule has 6 heteroatoms. The van der Waals surface area contributed by atoms with Crippen LogP contribution < -0.4 is 5.32 Å². The molecule has 1 aliphatic heterocycles. The fraction of sp³-hybridized carbons (Fsp3) is 0.600. The van der Waals surface area contributed by atoms with Crippen molar-refractivity contribution in [2.45, 2.75) is 25.8 Å². The summed E-state index contributed by atoms with van der Waals surface area (Å²) < 4.78 is 11.2. The number of H-pyrrole nitrogens is 1. The van der Waals surface area contributed by atoms with Crippen LogP contribution in [-0.4, -0.2) is 37.9 Å². The van der Waals surface area contributed by atoms with E-state index in [4.69, 9.17) is 0 Å². The molecule has 1 amide bonds. The average Bonchev–Trinajstić information content (AvgIpc) is 2.68. The Labute approximate surface area is 96.5 Å². The minimum atomic E-state index is -0.687. The van der Waals surface area contributed by atoms with Gasteiger partial charge in [-0.25, -0.2) is 0 Å². The van der Waals surface area contributed by atoms with Gasteiger partial charge in [0.15, 0.2) is 0 Å². The fourth-order valence-corrected chi connectivity index (χ4v) is 3.08. The van der Waals surface area contributed by atoms with Gasteiger partial charge < -0.3 is 5.32 Å². The standard InChI is InChI=1S/C10H15N3O2S/c1-7-9(6-11-13-7)10(14)12-8-2-4-16(15)5-3-8/h6,8H,2-5H2,1H3,(H,11,13)(H,12,14). The van der Waals surface area contributed by atoms with Crippen LogP contribution >= 0.6 is 0 Å². The summed E-state index contributed by atoms with van der Waals surface area (Å²) in [6.45, 7) is 1.82. The summed E-state index contributed by atoms with van der Waals surface area (Å²) in [6.07, 6.45) is 3.14. The Morgan fingerprint density at radius 1 is 1.56 bits per heavy atom. The molecule has 1 aromatic heterocycles. The van der Waals surface area contributed by atoms with Gasteiger partial charge in [-0.3, -0.25) is 14.1 Å². The summed E-state index contributed by atoms with van der Waals surface area (Å²) in [5, 5.41) is 9.50. The van der Waals surface area contributed by atoms with Crippen molar-refractivity contribution in [2.24, 2.45) is 0 Å². The first-order chi connectivity index (χ1) is 7.66. The molecule has 0 saturated carbocycles. The molecule has 0 aromatic carbocycles. The Morgan fingerprint density at radius 3 is 2.81 bits per heavy atom. The lowest BCUT2D eigenvalue weighted by Gasteiger charge is -2.22. The van der Waals surface area contributed by atoms with Crippen molar-refractivity contribution in [3.05, 3.63) is 17.5 Å². The smallest absolute Gasteiger partial charge is 0.254 e. The number of nitrogens with zero attached hydrogens (tertiary/aromatic N) is 1. The minimum Gasteiger partial charge on any atom is -0.349 e. The molecular weight excluding hydrogens is 226 g/mol. The van der Waals surface area contributed by atoms with E-state index in [1.807, 2.05) is 6.92 Å². The molecule has 0 bridgehead atoms. The number of carbonyl (C=O) groups excluding carboxylic acids is 1. The summed E-state index contributed by atoms with van der Waals surface area (Å²) in [6, 6.07) is 0.152. The van der Waals surface area contributed by atoms with Crippen LogP contribution in [0.15, 0.2) is 6.20 Å². The second-order valence-corrected chi connectivity index (χ2v) is 5.70. The molecule has 88 valence electrons. The summed E-state index contributed by atoms with van der Waals surface area (Å²) in [5.41, 5.74) is 1.36. The molecule has 0 radical (unpaired) electrons. The van der Waals surface area contributed by atoms with Gasteiger partial charge in [0, 0.05) is 34.0 Å². The number of hydrogen-bond acceptors (Lipinski definition) is 3. The summed E-state index contributed by atoms with van der Waals surface area (Å²) >= 11 is 0. The second-order valence-electron chi connectivity index (χ2n) is 4.00. The van der Waals surface area contributed by atoms with Crippen LogP contribution in [-0.2, 0) is 10.8 Å². The molecule has 0 unspecified atom stereocenters. The monoisotopic (exact) mass is 241 g/mol. The highest BCUT2D eigenvalue weighted by atomic mass is 32.2. The van der Waals surface area contributed by atoms with Gasteiger partial charge in [0.05, 0.1) is 11.8 Å². The summed E-state index contributed by atoms with van der Waals surface area (Å²) in [5.74, 6) is 1.29. The van der Waals surface area contributed by atoms with Crippen molar-refractivity contribution in [1.82, 2.24) is 15.5 Å². The molecule has 1 saturated heterocycles. The third kappa shape index (κ3) is 2.49. The molecule has 0 spiro atoms.